The minimum absolute atomic E-state index is 0.0579. The maximum atomic E-state index is 12.3. The average Bonchev–Trinajstić information content (AvgIpc) is 3.44. The van der Waals surface area contributed by atoms with Crippen LogP contribution in [0.4, 0.5) is 5.13 Å². The molecule has 28 heavy (non-hydrogen) atoms. The van der Waals surface area contributed by atoms with E-state index in [1.807, 2.05) is 48.0 Å². The Labute approximate surface area is 165 Å². The summed E-state index contributed by atoms with van der Waals surface area (Å²) in [6.45, 7) is 0.252. The van der Waals surface area contributed by atoms with Crippen LogP contribution in [0.1, 0.15) is 12.0 Å². The summed E-state index contributed by atoms with van der Waals surface area (Å²) in [5.74, 6) is 1.43. The number of aromatic nitrogens is 2. The summed E-state index contributed by atoms with van der Waals surface area (Å²) in [6.07, 6.45) is 2.95. The van der Waals surface area contributed by atoms with Crippen LogP contribution in [-0.2, 0) is 11.2 Å². The number of carbonyl (C=O) groups excluding carboxylic acids is 1. The fraction of sp³-hybridized carbons (Fsp3) is 0.143. The molecule has 0 saturated carbocycles. The summed E-state index contributed by atoms with van der Waals surface area (Å²) in [6, 6.07) is 13.9. The molecular formula is C21H17N3O3S. The van der Waals surface area contributed by atoms with Gasteiger partial charge in [-0.1, -0.05) is 24.3 Å². The van der Waals surface area contributed by atoms with E-state index in [1.54, 1.807) is 0 Å². The number of hydrogen-bond acceptors (Lipinski definition) is 5. The van der Waals surface area contributed by atoms with Crippen molar-refractivity contribution < 1.29 is 14.3 Å². The first-order chi connectivity index (χ1) is 13.8. The number of nitrogens with zero attached hydrogens (tertiary/aromatic N) is 1. The first-order valence-corrected chi connectivity index (χ1v) is 9.84. The summed E-state index contributed by atoms with van der Waals surface area (Å²) in [5, 5.41) is 6.58. The zero-order valence-electron chi connectivity index (χ0n) is 14.9. The number of benzene rings is 2. The van der Waals surface area contributed by atoms with Crippen molar-refractivity contribution in [3.05, 3.63) is 59.6 Å². The van der Waals surface area contributed by atoms with Gasteiger partial charge in [-0.25, -0.2) is 4.98 Å². The van der Waals surface area contributed by atoms with Crippen LogP contribution in [0.3, 0.4) is 0 Å². The lowest BCUT2D eigenvalue weighted by atomic mass is 10.1. The number of aryl methyl sites for hydroxylation is 1. The van der Waals surface area contributed by atoms with Gasteiger partial charge in [-0.2, -0.15) is 0 Å². The van der Waals surface area contributed by atoms with E-state index in [0.29, 0.717) is 18.0 Å². The standard InChI is InChI=1S/C21H17N3O3S/c25-20(8-6-13-5-7-18-19(9-13)27-12-26-18)24-21-23-17(11-28-21)15-10-22-16-4-2-1-3-14(15)16/h1-5,7,9-11,22H,6,8,12H2,(H,23,24,25). The predicted octanol–water partition coefficient (Wildman–Crippen LogP) is 4.59. The van der Waals surface area contributed by atoms with Gasteiger partial charge >= 0.3 is 0 Å². The Bertz CT molecular complexity index is 1160. The summed E-state index contributed by atoms with van der Waals surface area (Å²) in [5.41, 5.74) is 4.00. The number of carbonyl (C=O) groups is 1. The van der Waals surface area contributed by atoms with E-state index in [-0.39, 0.29) is 12.7 Å². The molecule has 1 amide bonds. The molecule has 6 nitrogen and oxygen atoms in total. The van der Waals surface area contributed by atoms with Crippen molar-refractivity contribution in [2.45, 2.75) is 12.8 Å². The van der Waals surface area contributed by atoms with Gasteiger partial charge in [0.1, 0.15) is 0 Å². The number of nitrogens with one attached hydrogen (secondary N) is 2. The van der Waals surface area contributed by atoms with E-state index >= 15 is 0 Å². The highest BCUT2D eigenvalue weighted by molar-refractivity contribution is 7.14. The van der Waals surface area contributed by atoms with Gasteiger partial charge in [-0.05, 0) is 30.2 Å². The number of aromatic amines is 1. The van der Waals surface area contributed by atoms with Crippen molar-refractivity contribution in [2.24, 2.45) is 0 Å². The zero-order valence-corrected chi connectivity index (χ0v) is 15.7. The molecule has 0 radical (unpaired) electrons. The van der Waals surface area contributed by atoms with Crippen molar-refractivity contribution in [3.8, 4) is 22.8 Å². The molecule has 2 aromatic heterocycles. The lowest BCUT2D eigenvalue weighted by molar-refractivity contribution is -0.116. The van der Waals surface area contributed by atoms with E-state index in [2.05, 4.69) is 21.4 Å². The quantitative estimate of drug-likeness (QED) is 0.522. The Morgan fingerprint density at radius 1 is 1.18 bits per heavy atom. The van der Waals surface area contributed by atoms with Crippen molar-refractivity contribution in [3.63, 3.8) is 0 Å². The molecule has 7 heteroatoms. The number of hydrogen-bond donors (Lipinski definition) is 2. The number of para-hydroxylation sites is 1. The molecule has 2 N–H and O–H groups in total. The second-order valence-corrected chi connectivity index (χ2v) is 7.38. The summed E-state index contributed by atoms with van der Waals surface area (Å²) in [7, 11) is 0. The Balaban J connectivity index is 1.24. The third-order valence-corrected chi connectivity index (χ3v) is 5.45. The van der Waals surface area contributed by atoms with Crippen molar-refractivity contribution in [1.82, 2.24) is 9.97 Å². The topological polar surface area (TPSA) is 76.2 Å². The van der Waals surface area contributed by atoms with Gasteiger partial charge < -0.3 is 19.8 Å². The SMILES string of the molecule is O=C(CCc1ccc2c(c1)OCO2)Nc1nc(-c2c[nH]c3ccccc23)cs1. The lowest BCUT2D eigenvalue weighted by Crippen LogP contribution is -2.12. The third kappa shape index (κ3) is 3.20. The van der Waals surface area contributed by atoms with Crippen LogP contribution in [0.5, 0.6) is 11.5 Å². The fourth-order valence-corrected chi connectivity index (χ4v) is 4.00. The van der Waals surface area contributed by atoms with Crippen LogP contribution in [0, 0.1) is 0 Å². The normalized spacial score (nSPS) is 12.4. The van der Waals surface area contributed by atoms with Crippen LogP contribution in [0.2, 0.25) is 0 Å². The number of fused-ring (bicyclic) bond motifs is 2. The molecule has 0 spiro atoms. The van der Waals surface area contributed by atoms with E-state index in [9.17, 15) is 4.79 Å². The van der Waals surface area contributed by atoms with Gasteiger partial charge in [-0.15, -0.1) is 11.3 Å². The molecule has 2 aromatic carbocycles. The Morgan fingerprint density at radius 2 is 2.07 bits per heavy atom. The Hall–Kier alpha value is -3.32. The fourth-order valence-electron chi connectivity index (χ4n) is 3.27. The minimum Gasteiger partial charge on any atom is -0.454 e. The number of ether oxygens (including phenoxy) is 2. The molecule has 0 bridgehead atoms. The van der Waals surface area contributed by atoms with Crippen molar-refractivity contribution in [1.29, 1.82) is 0 Å². The van der Waals surface area contributed by atoms with Gasteiger partial charge in [0, 0.05) is 34.5 Å². The Kier molecular flexibility index (Phi) is 4.21. The van der Waals surface area contributed by atoms with E-state index in [0.717, 1.165) is 39.2 Å². The van der Waals surface area contributed by atoms with Crippen LogP contribution >= 0.6 is 11.3 Å². The maximum Gasteiger partial charge on any atom is 0.231 e. The molecule has 3 heterocycles. The molecule has 5 rings (SSSR count). The monoisotopic (exact) mass is 391 g/mol. The highest BCUT2D eigenvalue weighted by atomic mass is 32.1. The summed E-state index contributed by atoms with van der Waals surface area (Å²) >= 11 is 1.43. The first-order valence-electron chi connectivity index (χ1n) is 8.97. The number of H-pyrrole nitrogens is 1. The molecular weight excluding hydrogens is 374 g/mol. The first kappa shape index (κ1) is 16.8. The van der Waals surface area contributed by atoms with Crippen molar-refractivity contribution >= 4 is 33.3 Å². The van der Waals surface area contributed by atoms with Gasteiger partial charge in [-0.3, -0.25) is 4.79 Å². The predicted molar refractivity (Wildman–Crippen MR) is 109 cm³/mol. The number of anilines is 1. The van der Waals surface area contributed by atoms with Crippen LogP contribution in [0.25, 0.3) is 22.2 Å². The minimum atomic E-state index is -0.0579. The molecule has 140 valence electrons. The molecule has 0 atom stereocenters. The van der Waals surface area contributed by atoms with Gasteiger partial charge in [0.05, 0.1) is 5.69 Å². The number of rotatable bonds is 5. The molecule has 0 fully saturated rings. The molecule has 1 aliphatic heterocycles. The number of amides is 1. The summed E-state index contributed by atoms with van der Waals surface area (Å²) < 4.78 is 10.7. The van der Waals surface area contributed by atoms with E-state index in [1.165, 1.54) is 11.3 Å². The largest absolute Gasteiger partial charge is 0.454 e. The molecule has 0 saturated heterocycles. The zero-order chi connectivity index (χ0) is 18.9. The van der Waals surface area contributed by atoms with Gasteiger partial charge in [0.15, 0.2) is 16.6 Å². The molecule has 1 aliphatic rings. The highest BCUT2D eigenvalue weighted by Gasteiger charge is 2.14. The van der Waals surface area contributed by atoms with Crippen LogP contribution in [-0.4, -0.2) is 22.7 Å². The second kappa shape index (κ2) is 7.01. The smallest absolute Gasteiger partial charge is 0.231 e. The number of thiazole rings is 1. The third-order valence-electron chi connectivity index (χ3n) is 4.69. The van der Waals surface area contributed by atoms with E-state index in [4.69, 9.17) is 9.47 Å². The molecule has 0 unspecified atom stereocenters. The molecule has 0 aliphatic carbocycles. The lowest BCUT2D eigenvalue weighted by Gasteiger charge is -2.03. The van der Waals surface area contributed by atoms with E-state index < -0.39 is 0 Å². The maximum absolute atomic E-state index is 12.3. The van der Waals surface area contributed by atoms with Crippen molar-refractivity contribution in [2.75, 3.05) is 12.1 Å². The summed E-state index contributed by atoms with van der Waals surface area (Å²) in [4.78, 5) is 20.1. The Morgan fingerprint density at radius 3 is 3.04 bits per heavy atom. The van der Waals surface area contributed by atoms with Gasteiger partial charge in [0.2, 0.25) is 12.7 Å². The highest BCUT2D eigenvalue weighted by Crippen LogP contribution is 2.33. The second-order valence-electron chi connectivity index (χ2n) is 6.52. The molecule has 4 aromatic rings. The van der Waals surface area contributed by atoms with Gasteiger partial charge in [0.25, 0.3) is 0 Å². The average molecular weight is 391 g/mol. The van der Waals surface area contributed by atoms with Crippen LogP contribution in [0.15, 0.2) is 54.0 Å². The van der Waals surface area contributed by atoms with Crippen LogP contribution < -0.4 is 14.8 Å².